The Bertz CT molecular complexity index is 126. The Morgan fingerprint density at radius 3 is 1.42 bits per heavy atom. The van der Waals surface area contributed by atoms with Gasteiger partial charge in [0.25, 0.3) is 0 Å². The molecule has 0 spiro atoms. The molecule has 0 fully saturated rings. The van der Waals surface area contributed by atoms with Crippen LogP contribution >= 0.6 is 48.0 Å². The number of nitrogens with two attached hydrogens (primary N) is 2. The minimum atomic E-state index is 0. The minimum absolute atomic E-state index is 0. The van der Waals surface area contributed by atoms with Gasteiger partial charge in [-0.1, -0.05) is 48.0 Å². The molecule has 0 amide bonds. The molecule has 66 valence electrons. The first-order valence-electron chi connectivity index (χ1n) is 2.47. The normalized spacial score (nSPS) is 7.67. The summed E-state index contributed by atoms with van der Waals surface area (Å²) in [5.74, 6) is 1.74. The molecular weight excluding hydrogens is 284 g/mol. The molecule has 0 aromatic rings. The second-order valence-electron chi connectivity index (χ2n) is 1.33. The van der Waals surface area contributed by atoms with Gasteiger partial charge in [-0.25, -0.2) is 0 Å². The van der Waals surface area contributed by atoms with E-state index < -0.39 is 0 Å². The average molecular weight is 295 g/mol. The van der Waals surface area contributed by atoms with E-state index >= 15 is 0 Å². The number of rotatable bonds is 3. The van der Waals surface area contributed by atoms with Gasteiger partial charge in [0.05, 0.1) is 0 Å². The van der Waals surface area contributed by atoms with Gasteiger partial charge >= 0.3 is 19.5 Å². The average Bonchev–Trinajstić information content (AvgIpc) is 1.79. The van der Waals surface area contributed by atoms with Crippen LogP contribution in [-0.4, -0.2) is 20.1 Å². The predicted octanol–water partition coefficient (Wildman–Crippen LogP) is 1.10. The molecule has 0 saturated carbocycles. The van der Waals surface area contributed by atoms with Gasteiger partial charge < -0.3 is 17.6 Å². The summed E-state index contributed by atoms with van der Waals surface area (Å²) in [7, 11) is 0. The second-order valence-corrected chi connectivity index (χ2v) is 5.00. The van der Waals surface area contributed by atoms with E-state index in [1.54, 1.807) is 0 Å². The molecule has 0 radical (unpaired) electrons. The van der Waals surface area contributed by atoms with Crippen LogP contribution in [0.15, 0.2) is 0 Å². The minimum Gasteiger partial charge on any atom is -0.385 e. The van der Waals surface area contributed by atoms with Crippen LogP contribution in [0.4, 0.5) is 0 Å². The fourth-order valence-corrected chi connectivity index (χ4v) is 1.85. The summed E-state index contributed by atoms with van der Waals surface area (Å²) < 4.78 is 0.951. The number of hydrogen-bond acceptors (Lipinski definition) is 5. The molecule has 0 atom stereocenters. The quantitative estimate of drug-likeness (QED) is 0.408. The molecule has 0 bridgehead atoms. The summed E-state index contributed by atoms with van der Waals surface area (Å²) in [5.41, 5.74) is 10.5. The van der Waals surface area contributed by atoms with Gasteiger partial charge in [-0.15, -0.1) is 0 Å². The molecule has 0 aliphatic rings. The third-order valence-electron chi connectivity index (χ3n) is 0.572. The summed E-state index contributed by atoms with van der Waals surface area (Å²) in [6, 6.07) is 0. The SMILES string of the molecule is N.NC(=S)SCCSC(N)=S.[Zn+2]. The molecule has 0 aliphatic heterocycles. The zero-order valence-electron chi connectivity index (χ0n) is 6.62. The van der Waals surface area contributed by atoms with Crippen molar-refractivity contribution in [2.75, 3.05) is 11.5 Å². The van der Waals surface area contributed by atoms with Crippen LogP contribution in [-0.2, 0) is 19.5 Å². The van der Waals surface area contributed by atoms with Gasteiger partial charge in [-0.05, 0) is 0 Å². The smallest absolute Gasteiger partial charge is 0.385 e. The number of hydrogen-bond donors (Lipinski definition) is 3. The molecule has 7 N–H and O–H groups in total. The molecular formula is C4H11N3S4Zn+2. The van der Waals surface area contributed by atoms with Crippen LogP contribution in [0.25, 0.3) is 0 Å². The fraction of sp³-hybridized carbons (Fsp3) is 0.500. The maximum absolute atomic E-state index is 5.23. The van der Waals surface area contributed by atoms with E-state index in [-0.39, 0.29) is 25.6 Å². The van der Waals surface area contributed by atoms with Crippen molar-refractivity contribution in [1.82, 2.24) is 6.15 Å². The Morgan fingerprint density at radius 2 is 1.25 bits per heavy atom. The summed E-state index contributed by atoms with van der Waals surface area (Å²) in [6.07, 6.45) is 0. The Hall–Kier alpha value is 1.06. The molecule has 0 aromatic heterocycles. The van der Waals surface area contributed by atoms with E-state index in [0.29, 0.717) is 8.64 Å². The molecule has 0 heterocycles. The van der Waals surface area contributed by atoms with Crippen LogP contribution < -0.4 is 17.6 Å². The van der Waals surface area contributed by atoms with Crippen LogP contribution in [0.5, 0.6) is 0 Å². The first-order valence-corrected chi connectivity index (χ1v) is 5.26. The molecule has 0 aliphatic carbocycles. The summed E-state index contributed by atoms with van der Waals surface area (Å²) in [6.45, 7) is 0. The first kappa shape index (κ1) is 18.8. The maximum atomic E-state index is 5.23. The molecule has 3 nitrogen and oxygen atoms in total. The second kappa shape index (κ2) is 12.1. The standard InChI is InChI=1S/C4H8N2S4.H3N.Zn/c5-3(7)9-1-2-10-4(6)8;;/h1-2H2,(H2,5,7)(H2,6,8);1H3;/q;;+2. The largest absolute Gasteiger partial charge is 2.00 e. The van der Waals surface area contributed by atoms with E-state index in [4.69, 9.17) is 11.5 Å². The molecule has 8 heteroatoms. The molecule has 0 aromatic carbocycles. The van der Waals surface area contributed by atoms with E-state index in [2.05, 4.69) is 24.4 Å². The molecule has 0 unspecified atom stereocenters. The summed E-state index contributed by atoms with van der Waals surface area (Å²) in [4.78, 5) is 0. The Labute approximate surface area is 104 Å². The summed E-state index contributed by atoms with van der Waals surface area (Å²) in [5, 5.41) is 0. The van der Waals surface area contributed by atoms with E-state index in [9.17, 15) is 0 Å². The van der Waals surface area contributed by atoms with Crippen molar-refractivity contribution >= 4 is 56.6 Å². The van der Waals surface area contributed by atoms with Gasteiger partial charge in [-0.2, -0.15) is 0 Å². The van der Waals surface area contributed by atoms with Gasteiger partial charge in [0.2, 0.25) is 0 Å². The van der Waals surface area contributed by atoms with Crippen molar-refractivity contribution in [3.8, 4) is 0 Å². The first-order chi connectivity index (χ1) is 4.63. The Morgan fingerprint density at radius 1 is 1.00 bits per heavy atom. The zero-order chi connectivity index (χ0) is 7.98. The monoisotopic (exact) mass is 293 g/mol. The van der Waals surface area contributed by atoms with Crippen molar-refractivity contribution < 1.29 is 19.5 Å². The Kier molecular flexibility index (Phi) is 18.9. The van der Waals surface area contributed by atoms with Crippen LogP contribution in [0.3, 0.4) is 0 Å². The molecule has 0 saturated heterocycles. The number of thioether (sulfide) groups is 2. The molecule has 12 heavy (non-hydrogen) atoms. The van der Waals surface area contributed by atoms with Crippen molar-refractivity contribution in [2.45, 2.75) is 0 Å². The maximum Gasteiger partial charge on any atom is 2.00 e. The van der Waals surface area contributed by atoms with Crippen molar-refractivity contribution in [1.29, 1.82) is 0 Å². The molecule has 0 rings (SSSR count). The number of thiocarbonyl (C=S) groups is 2. The van der Waals surface area contributed by atoms with Gasteiger partial charge in [-0.3, -0.25) is 0 Å². The predicted molar refractivity (Wildman–Crippen MR) is 63.5 cm³/mol. The van der Waals surface area contributed by atoms with Gasteiger partial charge in [0.1, 0.15) is 8.64 Å². The Balaban J connectivity index is -0.000000405. The van der Waals surface area contributed by atoms with Crippen molar-refractivity contribution in [3.63, 3.8) is 0 Å². The fourth-order valence-electron chi connectivity index (χ4n) is 0.285. The van der Waals surface area contributed by atoms with Crippen LogP contribution in [0.2, 0.25) is 0 Å². The third-order valence-corrected chi connectivity index (χ3v) is 2.92. The third kappa shape index (κ3) is 17.2. The van der Waals surface area contributed by atoms with E-state index in [0.717, 1.165) is 11.5 Å². The van der Waals surface area contributed by atoms with E-state index in [1.807, 2.05) is 0 Å². The topological polar surface area (TPSA) is 87.0 Å². The van der Waals surface area contributed by atoms with Crippen LogP contribution in [0, 0.1) is 0 Å². The van der Waals surface area contributed by atoms with Gasteiger partial charge in [0, 0.05) is 11.5 Å². The summed E-state index contributed by atoms with van der Waals surface area (Å²) >= 11 is 12.2. The van der Waals surface area contributed by atoms with Crippen LogP contribution in [0.1, 0.15) is 0 Å². The zero-order valence-corrected chi connectivity index (χ0v) is 12.8. The van der Waals surface area contributed by atoms with Gasteiger partial charge in [0.15, 0.2) is 0 Å². The van der Waals surface area contributed by atoms with Crippen molar-refractivity contribution in [3.05, 3.63) is 0 Å². The van der Waals surface area contributed by atoms with E-state index in [1.165, 1.54) is 23.5 Å². The van der Waals surface area contributed by atoms with Crippen molar-refractivity contribution in [2.24, 2.45) is 11.5 Å².